The zero-order chi connectivity index (χ0) is 15.1. The van der Waals surface area contributed by atoms with Gasteiger partial charge in [-0.05, 0) is 43.0 Å². The summed E-state index contributed by atoms with van der Waals surface area (Å²) in [6.07, 6.45) is 8.01. The molecule has 0 saturated heterocycles. The van der Waals surface area contributed by atoms with Gasteiger partial charge in [-0.3, -0.25) is 0 Å². The number of likely N-dealkylation sites (N-methyl/N-ethyl adjacent to an activating group) is 1. The molecule has 21 heavy (non-hydrogen) atoms. The molecule has 3 heteroatoms. The smallest absolute Gasteiger partial charge is 0.160 e. The minimum absolute atomic E-state index is 0.566. The fourth-order valence-electron chi connectivity index (χ4n) is 3.47. The van der Waals surface area contributed by atoms with Crippen molar-refractivity contribution in [2.24, 2.45) is 5.92 Å². The van der Waals surface area contributed by atoms with Gasteiger partial charge >= 0.3 is 0 Å². The third-order valence-corrected chi connectivity index (χ3v) is 4.52. The van der Waals surface area contributed by atoms with Crippen molar-refractivity contribution in [3.8, 4) is 11.5 Å². The van der Waals surface area contributed by atoms with Crippen molar-refractivity contribution in [3.05, 3.63) is 23.8 Å². The molecule has 0 bridgehead atoms. The Balaban J connectivity index is 2.01. The van der Waals surface area contributed by atoms with E-state index in [4.69, 9.17) is 9.47 Å². The highest BCUT2D eigenvalue weighted by Crippen LogP contribution is 2.31. The number of benzene rings is 1. The highest BCUT2D eigenvalue weighted by Gasteiger charge is 2.20. The summed E-state index contributed by atoms with van der Waals surface area (Å²) in [7, 11) is 3.38. The van der Waals surface area contributed by atoms with Crippen molar-refractivity contribution in [1.29, 1.82) is 0 Å². The van der Waals surface area contributed by atoms with Crippen molar-refractivity contribution >= 4 is 0 Å². The molecule has 0 heterocycles. The highest BCUT2D eigenvalue weighted by molar-refractivity contribution is 5.43. The fraction of sp³-hybridized carbons (Fsp3) is 0.667. The van der Waals surface area contributed by atoms with Crippen LogP contribution in [0.15, 0.2) is 18.2 Å². The molecule has 3 nitrogen and oxygen atoms in total. The van der Waals surface area contributed by atoms with Gasteiger partial charge in [0.1, 0.15) is 0 Å². The average Bonchev–Trinajstić information content (AvgIpc) is 3.00. The first-order valence-corrected chi connectivity index (χ1v) is 8.21. The summed E-state index contributed by atoms with van der Waals surface area (Å²) in [6.45, 7) is 3.22. The number of hydrogen-bond donors (Lipinski definition) is 1. The zero-order valence-corrected chi connectivity index (χ0v) is 13.7. The van der Waals surface area contributed by atoms with Crippen LogP contribution in [-0.4, -0.2) is 26.8 Å². The monoisotopic (exact) mass is 291 g/mol. The van der Waals surface area contributed by atoms with Gasteiger partial charge in [0.2, 0.25) is 0 Å². The van der Waals surface area contributed by atoms with Crippen LogP contribution < -0.4 is 14.8 Å². The van der Waals surface area contributed by atoms with E-state index >= 15 is 0 Å². The fourth-order valence-corrected chi connectivity index (χ4v) is 3.47. The highest BCUT2D eigenvalue weighted by atomic mass is 16.5. The van der Waals surface area contributed by atoms with E-state index in [0.29, 0.717) is 6.04 Å². The first-order chi connectivity index (χ1) is 10.3. The summed E-state index contributed by atoms with van der Waals surface area (Å²) in [5.41, 5.74) is 1.32. The molecule has 1 fully saturated rings. The van der Waals surface area contributed by atoms with Crippen LogP contribution in [0.1, 0.15) is 44.6 Å². The summed E-state index contributed by atoms with van der Waals surface area (Å²) in [5, 5.41) is 3.65. The molecular formula is C18H29NO2. The molecule has 1 atom stereocenters. The van der Waals surface area contributed by atoms with Crippen LogP contribution in [0.4, 0.5) is 0 Å². The van der Waals surface area contributed by atoms with Crippen LogP contribution in [0.3, 0.4) is 0 Å². The topological polar surface area (TPSA) is 30.5 Å². The Bertz CT molecular complexity index is 427. The Morgan fingerprint density at radius 1 is 1.14 bits per heavy atom. The van der Waals surface area contributed by atoms with Crippen molar-refractivity contribution in [2.45, 2.75) is 51.5 Å². The molecule has 0 radical (unpaired) electrons. The Hall–Kier alpha value is -1.22. The van der Waals surface area contributed by atoms with Gasteiger partial charge in [-0.2, -0.15) is 0 Å². The van der Waals surface area contributed by atoms with Gasteiger partial charge in [-0.1, -0.05) is 38.7 Å². The minimum Gasteiger partial charge on any atom is -0.493 e. The van der Waals surface area contributed by atoms with Gasteiger partial charge in [0.05, 0.1) is 14.2 Å². The van der Waals surface area contributed by atoms with Crippen molar-refractivity contribution < 1.29 is 9.47 Å². The van der Waals surface area contributed by atoms with Gasteiger partial charge in [-0.15, -0.1) is 0 Å². The van der Waals surface area contributed by atoms with Crippen LogP contribution in [0.25, 0.3) is 0 Å². The normalized spacial score (nSPS) is 16.9. The van der Waals surface area contributed by atoms with E-state index in [1.54, 1.807) is 14.2 Å². The molecule has 0 aliphatic heterocycles. The van der Waals surface area contributed by atoms with Crippen LogP contribution in [0.2, 0.25) is 0 Å². The van der Waals surface area contributed by atoms with Crippen LogP contribution in [-0.2, 0) is 6.42 Å². The number of rotatable bonds is 8. The molecule has 0 aromatic heterocycles. The molecule has 118 valence electrons. The third kappa shape index (κ3) is 4.63. The second-order valence-electron chi connectivity index (χ2n) is 6.03. The van der Waals surface area contributed by atoms with Crippen molar-refractivity contribution in [1.82, 2.24) is 5.32 Å². The molecule has 1 saturated carbocycles. The summed E-state index contributed by atoms with van der Waals surface area (Å²) in [6, 6.07) is 6.83. The van der Waals surface area contributed by atoms with E-state index < -0.39 is 0 Å². The second-order valence-corrected chi connectivity index (χ2v) is 6.03. The Morgan fingerprint density at radius 2 is 1.86 bits per heavy atom. The van der Waals surface area contributed by atoms with E-state index in [-0.39, 0.29) is 0 Å². The van der Waals surface area contributed by atoms with Crippen LogP contribution >= 0.6 is 0 Å². The summed E-state index contributed by atoms with van der Waals surface area (Å²) in [4.78, 5) is 0. The molecule has 1 unspecified atom stereocenters. The first kappa shape index (κ1) is 16.2. The average molecular weight is 291 g/mol. The Kier molecular flexibility index (Phi) is 6.37. The molecule has 0 amide bonds. The summed E-state index contributed by atoms with van der Waals surface area (Å²) >= 11 is 0. The predicted molar refractivity (Wildman–Crippen MR) is 87.3 cm³/mol. The lowest BCUT2D eigenvalue weighted by atomic mass is 9.94. The standard InChI is InChI=1S/C18H29NO2/c1-4-19-16(11-14-7-5-6-8-14)12-15-9-10-17(20-2)18(13-15)21-3/h9-10,13-14,16,19H,4-8,11-12H2,1-3H3. The van der Waals surface area contributed by atoms with Gasteiger partial charge in [0, 0.05) is 6.04 Å². The maximum atomic E-state index is 5.41. The maximum Gasteiger partial charge on any atom is 0.160 e. The molecule has 1 N–H and O–H groups in total. The van der Waals surface area contributed by atoms with Crippen LogP contribution in [0, 0.1) is 5.92 Å². The van der Waals surface area contributed by atoms with Gasteiger partial charge < -0.3 is 14.8 Å². The molecule has 1 aliphatic carbocycles. The van der Waals surface area contributed by atoms with E-state index in [2.05, 4.69) is 24.4 Å². The summed E-state index contributed by atoms with van der Waals surface area (Å²) < 4.78 is 10.7. The number of hydrogen-bond acceptors (Lipinski definition) is 3. The van der Waals surface area contributed by atoms with Crippen molar-refractivity contribution in [3.63, 3.8) is 0 Å². The van der Waals surface area contributed by atoms with Gasteiger partial charge in [0.25, 0.3) is 0 Å². The zero-order valence-electron chi connectivity index (χ0n) is 13.7. The molecule has 1 aromatic carbocycles. The first-order valence-electron chi connectivity index (χ1n) is 8.21. The van der Waals surface area contributed by atoms with Gasteiger partial charge in [0.15, 0.2) is 11.5 Å². The SMILES string of the molecule is CCNC(Cc1ccc(OC)c(OC)c1)CC1CCCC1. The molecular weight excluding hydrogens is 262 g/mol. The van der Waals surface area contributed by atoms with Crippen molar-refractivity contribution in [2.75, 3.05) is 20.8 Å². The Labute approximate surface area is 129 Å². The molecule has 1 aliphatic rings. The van der Waals surface area contributed by atoms with Crippen LogP contribution in [0.5, 0.6) is 11.5 Å². The summed E-state index contributed by atoms with van der Waals surface area (Å²) in [5.74, 6) is 2.54. The largest absolute Gasteiger partial charge is 0.493 e. The lowest BCUT2D eigenvalue weighted by Crippen LogP contribution is -2.32. The molecule has 2 rings (SSSR count). The Morgan fingerprint density at radius 3 is 2.48 bits per heavy atom. The molecule has 1 aromatic rings. The lowest BCUT2D eigenvalue weighted by Gasteiger charge is -2.22. The second kappa shape index (κ2) is 8.28. The lowest BCUT2D eigenvalue weighted by molar-refractivity contribution is 0.353. The van der Waals surface area contributed by atoms with E-state index in [1.807, 2.05) is 6.07 Å². The number of methoxy groups -OCH3 is 2. The van der Waals surface area contributed by atoms with E-state index in [9.17, 15) is 0 Å². The van der Waals surface area contributed by atoms with Gasteiger partial charge in [-0.25, -0.2) is 0 Å². The van der Waals surface area contributed by atoms with E-state index in [1.165, 1.54) is 37.7 Å². The quantitative estimate of drug-likeness (QED) is 0.790. The predicted octanol–water partition coefficient (Wildman–Crippen LogP) is 3.80. The maximum absolute atomic E-state index is 5.41. The minimum atomic E-state index is 0.566. The van der Waals surface area contributed by atoms with E-state index in [0.717, 1.165) is 30.4 Å². The number of nitrogens with one attached hydrogen (secondary N) is 1. The molecule has 0 spiro atoms. The number of ether oxygens (including phenoxy) is 2. The third-order valence-electron chi connectivity index (χ3n) is 4.52.